The molecule has 3 amide bonds. The molecule has 0 aliphatic rings. The van der Waals surface area contributed by atoms with Gasteiger partial charge in [-0.2, -0.15) is 0 Å². The molecule has 12 nitrogen and oxygen atoms in total. The van der Waals surface area contributed by atoms with Crippen molar-refractivity contribution in [1.82, 2.24) is 16.0 Å². The van der Waals surface area contributed by atoms with E-state index in [1.54, 1.807) is 0 Å². The van der Waals surface area contributed by atoms with Crippen molar-refractivity contribution < 1.29 is 39.3 Å². The maximum atomic E-state index is 11.9. The molecule has 3 unspecified atom stereocenters. The van der Waals surface area contributed by atoms with Gasteiger partial charge >= 0.3 is 11.9 Å². The Kier molecular flexibility index (Phi) is 9.74. The molecule has 0 fully saturated rings. The quantitative estimate of drug-likeness (QED) is 0.193. The van der Waals surface area contributed by atoms with Crippen molar-refractivity contribution in [2.75, 3.05) is 13.1 Å². The Morgan fingerprint density at radius 3 is 2.04 bits per heavy atom. The second-order valence-corrected chi connectivity index (χ2v) is 5.15. The van der Waals surface area contributed by atoms with Crippen LogP contribution in [0, 0.1) is 0 Å². The van der Waals surface area contributed by atoms with Gasteiger partial charge in [-0.25, -0.2) is 0 Å². The van der Waals surface area contributed by atoms with Crippen molar-refractivity contribution in [3.63, 3.8) is 0 Å². The number of aliphatic hydroxyl groups is 1. The van der Waals surface area contributed by atoms with Crippen molar-refractivity contribution in [2.24, 2.45) is 5.73 Å². The lowest BCUT2D eigenvalue weighted by Crippen LogP contribution is -2.56. The van der Waals surface area contributed by atoms with Crippen LogP contribution in [0.15, 0.2) is 0 Å². The zero-order chi connectivity index (χ0) is 19.6. The summed E-state index contributed by atoms with van der Waals surface area (Å²) >= 11 is 0. The van der Waals surface area contributed by atoms with Crippen molar-refractivity contribution in [1.29, 1.82) is 0 Å². The molecule has 0 bridgehead atoms. The Hall–Kier alpha value is -2.73. The third-order valence-corrected chi connectivity index (χ3v) is 2.93. The minimum absolute atomic E-state index is 0.160. The normalized spacial score (nSPS) is 13.9. The van der Waals surface area contributed by atoms with Crippen LogP contribution in [-0.4, -0.2) is 76.3 Å². The third kappa shape index (κ3) is 9.88. The van der Waals surface area contributed by atoms with Gasteiger partial charge in [0.05, 0.1) is 18.7 Å². The number of carbonyl (C=O) groups excluding carboxylic acids is 3. The summed E-state index contributed by atoms with van der Waals surface area (Å²) in [5.41, 5.74) is 5.50. The summed E-state index contributed by atoms with van der Waals surface area (Å²) in [6.07, 6.45) is -1.82. The van der Waals surface area contributed by atoms with Crippen LogP contribution in [-0.2, 0) is 24.0 Å². The summed E-state index contributed by atoms with van der Waals surface area (Å²) in [7, 11) is 0. The van der Waals surface area contributed by atoms with Gasteiger partial charge in [-0.05, 0) is 13.3 Å². The highest BCUT2D eigenvalue weighted by atomic mass is 16.4. The molecule has 25 heavy (non-hydrogen) atoms. The molecule has 0 heterocycles. The lowest BCUT2D eigenvalue weighted by molar-refractivity contribution is -0.138. The average molecular weight is 362 g/mol. The van der Waals surface area contributed by atoms with E-state index in [1.165, 1.54) is 6.92 Å². The second kappa shape index (κ2) is 10.9. The molecule has 8 N–H and O–H groups in total. The summed E-state index contributed by atoms with van der Waals surface area (Å²) in [5.74, 6) is -4.90. The van der Waals surface area contributed by atoms with E-state index in [4.69, 9.17) is 15.9 Å². The zero-order valence-corrected chi connectivity index (χ0v) is 13.5. The van der Waals surface area contributed by atoms with Crippen LogP contribution in [0.2, 0.25) is 0 Å². The lowest BCUT2D eigenvalue weighted by Gasteiger charge is -2.22. The van der Waals surface area contributed by atoms with Crippen molar-refractivity contribution >= 4 is 29.7 Å². The Morgan fingerprint density at radius 1 is 0.960 bits per heavy atom. The molecule has 142 valence electrons. The standard InChI is InChI=1S/C13H22N4O8/c1-6(18)11(17-12(24)7(14)2-3-9(20)21)13(25)16-4-8(19)15-5-10(22)23/h6-7,11,18H,2-5,14H2,1H3,(H,15,19)(H,16,25)(H,17,24)(H,20,21)(H,22,23). The molecule has 12 heteroatoms. The molecule has 0 aromatic heterocycles. The number of hydrogen-bond acceptors (Lipinski definition) is 7. The fourth-order valence-corrected chi connectivity index (χ4v) is 1.59. The van der Waals surface area contributed by atoms with Gasteiger partial charge in [-0.3, -0.25) is 24.0 Å². The summed E-state index contributed by atoms with van der Waals surface area (Å²) in [4.78, 5) is 55.8. The number of nitrogens with one attached hydrogen (secondary N) is 3. The SMILES string of the molecule is CC(O)C(NC(=O)C(N)CCC(=O)O)C(=O)NCC(=O)NCC(=O)O. The van der Waals surface area contributed by atoms with E-state index in [0.717, 1.165) is 0 Å². The first-order valence-electron chi connectivity index (χ1n) is 7.26. The average Bonchev–Trinajstić information content (AvgIpc) is 2.52. The number of nitrogens with two attached hydrogens (primary N) is 1. The predicted octanol–water partition coefficient (Wildman–Crippen LogP) is -3.64. The summed E-state index contributed by atoms with van der Waals surface area (Å²) in [6, 6.07) is -2.61. The van der Waals surface area contributed by atoms with Crippen LogP contribution in [0.3, 0.4) is 0 Å². The van der Waals surface area contributed by atoms with Gasteiger partial charge in [0.15, 0.2) is 0 Å². The monoisotopic (exact) mass is 362 g/mol. The molecule has 0 saturated carbocycles. The maximum Gasteiger partial charge on any atom is 0.322 e. The summed E-state index contributed by atoms with van der Waals surface area (Å²) in [6.45, 7) is 0.0395. The number of rotatable bonds is 11. The molecule has 0 aliphatic carbocycles. The fraction of sp³-hybridized carbons (Fsp3) is 0.615. The predicted molar refractivity (Wildman–Crippen MR) is 82.1 cm³/mol. The van der Waals surface area contributed by atoms with E-state index < -0.39 is 60.9 Å². The topological polar surface area (TPSA) is 208 Å². The smallest absolute Gasteiger partial charge is 0.322 e. The molecule has 3 atom stereocenters. The van der Waals surface area contributed by atoms with Crippen LogP contribution in [0.1, 0.15) is 19.8 Å². The largest absolute Gasteiger partial charge is 0.481 e. The molecule has 0 aliphatic heterocycles. The van der Waals surface area contributed by atoms with E-state index in [1.807, 2.05) is 5.32 Å². The Morgan fingerprint density at radius 2 is 1.56 bits per heavy atom. The highest BCUT2D eigenvalue weighted by molar-refractivity contribution is 5.92. The molecule has 0 aromatic rings. The Labute approximate surface area is 142 Å². The van der Waals surface area contributed by atoms with Gasteiger partial charge in [0.25, 0.3) is 0 Å². The van der Waals surface area contributed by atoms with E-state index in [9.17, 15) is 29.1 Å². The number of carboxylic acid groups (broad SMARTS) is 2. The molecular weight excluding hydrogens is 340 g/mol. The van der Waals surface area contributed by atoms with Crippen LogP contribution in [0.25, 0.3) is 0 Å². The first kappa shape index (κ1) is 22.3. The van der Waals surface area contributed by atoms with Gasteiger partial charge in [0, 0.05) is 6.42 Å². The van der Waals surface area contributed by atoms with E-state index >= 15 is 0 Å². The van der Waals surface area contributed by atoms with Crippen LogP contribution < -0.4 is 21.7 Å². The van der Waals surface area contributed by atoms with E-state index in [0.29, 0.717) is 0 Å². The van der Waals surface area contributed by atoms with E-state index in [2.05, 4.69) is 10.6 Å². The third-order valence-electron chi connectivity index (χ3n) is 2.93. The Balaban J connectivity index is 4.54. The lowest BCUT2D eigenvalue weighted by atomic mass is 10.1. The van der Waals surface area contributed by atoms with Gasteiger partial charge in [-0.1, -0.05) is 0 Å². The first-order chi connectivity index (χ1) is 11.5. The molecule has 0 aromatic carbocycles. The van der Waals surface area contributed by atoms with Gasteiger partial charge in [0.1, 0.15) is 12.6 Å². The van der Waals surface area contributed by atoms with Crippen LogP contribution >= 0.6 is 0 Å². The van der Waals surface area contributed by atoms with Crippen molar-refractivity contribution in [3.05, 3.63) is 0 Å². The zero-order valence-electron chi connectivity index (χ0n) is 13.5. The fourth-order valence-electron chi connectivity index (χ4n) is 1.59. The molecule has 0 radical (unpaired) electrons. The molecule has 0 rings (SSSR count). The number of amides is 3. The van der Waals surface area contributed by atoms with E-state index in [-0.39, 0.29) is 12.8 Å². The summed E-state index contributed by atoms with van der Waals surface area (Å²) < 4.78 is 0. The number of aliphatic carboxylic acids is 2. The number of aliphatic hydroxyl groups excluding tert-OH is 1. The van der Waals surface area contributed by atoms with Gasteiger partial charge in [-0.15, -0.1) is 0 Å². The van der Waals surface area contributed by atoms with Crippen LogP contribution in [0.5, 0.6) is 0 Å². The van der Waals surface area contributed by atoms with Crippen molar-refractivity contribution in [3.8, 4) is 0 Å². The van der Waals surface area contributed by atoms with Crippen LogP contribution in [0.4, 0.5) is 0 Å². The minimum Gasteiger partial charge on any atom is -0.481 e. The van der Waals surface area contributed by atoms with Gasteiger partial charge in [0.2, 0.25) is 17.7 Å². The highest BCUT2D eigenvalue weighted by Gasteiger charge is 2.28. The first-order valence-corrected chi connectivity index (χ1v) is 7.26. The highest BCUT2D eigenvalue weighted by Crippen LogP contribution is 1.99. The molecular formula is C13H22N4O8. The number of hydrogen-bond donors (Lipinski definition) is 7. The van der Waals surface area contributed by atoms with Gasteiger partial charge < -0.3 is 37.0 Å². The Bertz CT molecular complexity index is 522. The number of carbonyl (C=O) groups is 5. The summed E-state index contributed by atoms with van der Waals surface area (Å²) in [5, 5.41) is 32.8. The second-order valence-electron chi connectivity index (χ2n) is 5.15. The number of carboxylic acids is 2. The van der Waals surface area contributed by atoms with Crippen molar-refractivity contribution in [2.45, 2.75) is 38.0 Å². The molecule has 0 saturated heterocycles. The minimum atomic E-state index is -1.42. The maximum absolute atomic E-state index is 11.9. The molecule has 0 spiro atoms.